The molecule has 3 heterocycles. The third kappa shape index (κ3) is 7.93. The second kappa shape index (κ2) is 15.7. The number of fused-ring (bicyclic) bond motifs is 1. The van der Waals surface area contributed by atoms with Gasteiger partial charge in [0.2, 0.25) is 0 Å². The Morgan fingerprint density at radius 1 is 1.02 bits per heavy atom. The number of ether oxygens (including phenoxy) is 2. The number of hydrogen-bond donors (Lipinski definition) is 3. The van der Waals surface area contributed by atoms with Crippen molar-refractivity contribution in [2.45, 2.75) is 20.0 Å². The molecule has 6 aromatic rings. The fourth-order valence-corrected chi connectivity index (χ4v) is 5.53. The maximum atomic E-state index is 13.7. The monoisotopic (exact) mass is 713 g/mol. The van der Waals surface area contributed by atoms with Crippen LogP contribution in [0.3, 0.4) is 0 Å². The third-order valence-electron chi connectivity index (χ3n) is 7.46. The number of aromatic nitrogens is 4. The molecule has 0 saturated carbocycles. The highest BCUT2D eigenvalue weighted by Gasteiger charge is 2.24. The number of aromatic amines is 1. The van der Waals surface area contributed by atoms with E-state index in [9.17, 15) is 19.2 Å². The Morgan fingerprint density at radius 2 is 1.67 bits per heavy atom. The Morgan fingerprint density at radius 3 is 2.21 bits per heavy atom. The van der Waals surface area contributed by atoms with E-state index in [4.69, 9.17) is 9.47 Å². The SMILES string of the molecule is CCOc1cc(-c2nccn2C)cc(F)c1Br.COC(=O)c1cnc(N(Cc2ccccc2)Cc2ccccc2)c2[nH]c(B(O)O)cc12. The first kappa shape index (κ1) is 34.4. The van der Waals surface area contributed by atoms with Crippen molar-refractivity contribution in [2.24, 2.45) is 7.05 Å². The first-order valence-electron chi connectivity index (χ1n) is 15.1. The van der Waals surface area contributed by atoms with Crippen LogP contribution in [0.25, 0.3) is 22.3 Å². The number of nitrogens with one attached hydrogen (secondary N) is 1. The summed E-state index contributed by atoms with van der Waals surface area (Å²) in [6.07, 6.45) is 4.96. The van der Waals surface area contributed by atoms with Crippen molar-refractivity contribution < 1.29 is 28.7 Å². The van der Waals surface area contributed by atoms with Crippen molar-refractivity contribution in [2.75, 3.05) is 18.6 Å². The highest BCUT2D eigenvalue weighted by Crippen LogP contribution is 2.33. The van der Waals surface area contributed by atoms with E-state index in [-0.39, 0.29) is 17.0 Å². The van der Waals surface area contributed by atoms with Gasteiger partial charge < -0.3 is 34.0 Å². The molecular formula is C35H34BBrFN5O5. The van der Waals surface area contributed by atoms with Gasteiger partial charge in [0.15, 0.2) is 5.82 Å². The molecule has 0 aliphatic rings. The second-order valence-electron chi connectivity index (χ2n) is 10.8. The Hall–Kier alpha value is -4.98. The summed E-state index contributed by atoms with van der Waals surface area (Å²) >= 11 is 3.17. The van der Waals surface area contributed by atoms with E-state index in [1.165, 1.54) is 19.4 Å². The van der Waals surface area contributed by atoms with Crippen molar-refractivity contribution in [3.05, 3.63) is 124 Å². The molecule has 0 atom stereocenters. The number of anilines is 1. The topological polar surface area (TPSA) is 126 Å². The molecule has 3 N–H and O–H groups in total. The highest BCUT2D eigenvalue weighted by molar-refractivity contribution is 9.10. The van der Waals surface area contributed by atoms with Crippen LogP contribution in [0.1, 0.15) is 28.4 Å². The van der Waals surface area contributed by atoms with Gasteiger partial charge in [0, 0.05) is 55.3 Å². The van der Waals surface area contributed by atoms with Crippen LogP contribution >= 0.6 is 15.9 Å². The third-order valence-corrected chi connectivity index (χ3v) is 8.23. The molecule has 0 aliphatic heterocycles. The summed E-state index contributed by atoms with van der Waals surface area (Å²) in [5, 5.41) is 19.9. The number of carbonyl (C=O) groups excluding carboxylic acids is 1. The Balaban J connectivity index is 0.000000224. The quantitative estimate of drug-likeness (QED) is 0.123. The van der Waals surface area contributed by atoms with Gasteiger partial charge in [-0.3, -0.25) is 0 Å². The highest BCUT2D eigenvalue weighted by atomic mass is 79.9. The summed E-state index contributed by atoms with van der Waals surface area (Å²) in [5.74, 6) is 0.902. The van der Waals surface area contributed by atoms with Crippen molar-refractivity contribution >= 4 is 51.3 Å². The van der Waals surface area contributed by atoms with E-state index >= 15 is 0 Å². The summed E-state index contributed by atoms with van der Waals surface area (Å²) in [7, 11) is 1.46. The molecule has 0 unspecified atom stereocenters. The number of methoxy groups -OCH3 is 1. The second-order valence-corrected chi connectivity index (χ2v) is 11.6. The molecule has 0 saturated heterocycles. The fraction of sp³-hybridized carbons (Fsp3) is 0.171. The predicted octanol–water partition coefficient (Wildman–Crippen LogP) is 5.62. The predicted molar refractivity (Wildman–Crippen MR) is 188 cm³/mol. The molecular weight excluding hydrogens is 680 g/mol. The fourth-order valence-electron chi connectivity index (χ4n) is 5.19. The number of hydrogen-bond acceptors (Lipinski definition) is 8. The summed E-state index contributed by atoms with van der Waals surface area (Å²) < 4.78 is 26.1. The van der Waals surface area contributed by atoms with Crippen LogP contribution in [0.4, 0.5) is 10.2 Å². The number of halogens is 2. The molecule has 13 heteroatoms. The first-order valence-corrected chi connectivity index (χ1v) is 15.9. The number of benzene rings is 3. The number of esters is 1. The number of H-pyrrole nitrogens is 1. The van der Waals surface area contributed by atoms with E-state index in [2.05, 4.69) is 35.8 Å². The molecule has 6 rings (SSSR count). The van der Waals surface area contributed by atoms with Crippen molar-refractivity contribution in [3.63, 3.8) is 0 Å². The van der Waals surface area contributed by atoms with E-state index < -0.39 is 13.1 Å². The molecule has 0 aliphatic carbocycles. The number of imidazole rings is 1. The Bertz CT molecular complexity index is 1950. The first-order chi connectivity index (χ1) is 23.2. The van der Waals surface area contributed by atoms with Crippen LogP contribution in [0.15, 0.2) is 102 Å². The van der Waals surface area contributed by atoms with Gasteiger partial charge in [0.1, 0.15) is 17.4 Å². The summed E-state index contributed by atoms with van der Waals surface area (Å²) in [6.45, 7) is 3.50. The standard InChI is InChI=1S/C23H22BN3O4.C12H12BrFN2O/c1-31-23(28)19-13-25-22(21-18(19)12-20(26-21)24(29)30)27(14-16-8-4-2-5-9-16)15-17-10-6-3-7-11-17;1-3-17-10-7-8(6-9(14)11(10)13)12-15-4-5-16(12)2/h2-13,26,29-30H,14-15H2,1H3;4-7H,3H2,1-2H3. The largest absolute Gasteiger partial charge is 0.505 e. The Kier molecular flexibility index (Phi) is 11.3. The van der Waals surface area contributed by atoms with Gasteiger partial charge in [0.05, 0.1) is 29.3 Å². The van der Waals surface area contributed by atoms with Gasteiger partial charge in [-0.1, -0.05) is 60.7 Å². The molecule has 0 radical (unpaired) electrons. The lowest BCUT2D eigenvalue weighted by Gasteiger charge is -2.25. The number of carbonyl (C=O) groups is 1. The summed E-state index contributed by atoms with van der Waals surface area (Å²) in [4.78, 5) is 26.1. The van der Waals surface area contributed by atoms with E-state index in [0.717, 1.165) is 11.1 Å². The normalized spacial score (nSPS) is 10.7. The zero-order valence-corrected chi connectivity index (χ0v) is 28.2. The molecule has 0 fully saturated rings. The van der Waals surface area contributed by atoms with Gasteiger partial charge in [0.25, 0.3) is 0 Å². The van der Waals surface area contributed by atoms with Gasteiger partial charge >= 0.3 is 13.1 Å². The lowest BCUT2D eigenvalue weighted by molar-refractivity contribution is 0.0602. The van der Waals surface area contributed by atoms with Crippen LogP contribution in [-0.4, -0.2) is 56.4 Å². The van der Waals surface area contributed by atoms with Crippen LogP contribution in [0, 0.1) is 5.82 Å². The summed E-state index contributed by atoms with van der Waals surface area (Å²) in [5.41, 5.74) is 3.86. The van der Waals surface area contributed by atoms with Crippen molar-refractivity contribution in [3.8, 4) is 17.1 Å². The maximum absolute atomic E-state index is 13.7. The van der Waals surface area contributed by atoms with Crippen LogP contribution in [0.2, 0.25) is 0 Å². The lowest BCUT2D eigenvalue weighted by Crippen LogP contribution is -2.30. The van der Waals surface area contributed by atoms with Crippen molar-refractivity contribution in [1.29, 1.82) is 0 Å². The zero-order valence-electron chi connectivity index (χ0n) is 26.6. The maximum Gasteiger partial charge on any atom is 0.505 e. The molecule has 10 nitrogen and oxygen atoms in total. The van der Waals surface area contributed by atoms with Gasteiger partial charge in [-0.25, -0.2) is 19.2 Å². The molecule has 246 valence electrons. The van der Waals surface area contributed by atoms with Crippen molar-refractivity contribution in [1.82, 2.24) is 19.5 Å². The molecule has 3 aromatic heterocycles. The average molecular weight is 714 g/mol. The Labute approximate surface area is 286 Å². The molecule has 48 heavy (non-hydrogen) atoms. The zero-order chi connectivity index (χ0) is 34.2. The summed E-state index contributed by atoms with van der Waals surface area (Å²) in [6, 6.07) is 24.8. The average Bonchev–Trinajstić information content (AvgIpc) is 3.74. The van der Waals surface area contributed by atoms with Gasteiger partial charge in [-0.15, -0.1) is 0 Å². The van der Waals surface area contributed by atoms with E-state index in [1.807, 2.05) is 85.4 Å². The minimum atomic E-state index is -1.71. The minimum absolute atomic E-state index is 0.175. The van der Waals surface area contributed by atoms with Crippen LogP contribution < -0.4 is 15.2 Å². The van der Waals surface area contributed by atoms with Crippen LogP contribution in [-0.2, 0) is 24.9 Å². The van der Waals surface area contributed by atoms with E-state index in [1.54, 1.807) is 18.3 Å². The molecule has 0 amide bonds. The number of rotatable bonds is 10. The minimum Gasteiger partial charge on any atom is -0.493 e. The number of aryl methyl sites for hydroxylation is 1. The van der Waals surface area contributed by atoms with Gasteiger partial charge in [-0.2, -0.15) is 0 Å². The molecule has 0 spiro atoms. The lowest BCUT2D eigenvalue weighted by atomic mass is 9.86. The molecule has 0 bridgehead atoms. The smallest absolute Gasteiger partial charge is 0.493 e. The van der Waals surface area contributed by atoms with E-state index in [0.29, 0.717) is 58.0 Å². The van der Waals surface area contributed by atoms with Crippen LogP contribution in [0.5, 0.6) is 5.75 Å². The van der Waals surface area contributed by atoms with Gasteiger partial charge in [-0.05, 0) is 52.2 Å². The number of pyridine rings is 1. The number of nitrogens with zero attached hydrogens (tertiary/aromatic N) is 4. The molecule has 3 aromatic carbocycles.